The van der Waals surface area contributed by atoms with E-state index in [0.717, 1.165) is 21.3 Å². The highest BCUT2D eigenvalue weighted by Gasteiger charge is 2.16. The third kappa shape index (κ3) is 4.67. The molecule has 0 aliphatic carbocycles. The van der Waals surface area contributed by atoms with Gasteiger partial charge in [0.2, 0.25) is 0 Å². The average Bonchev–Trinajstić information content (AvgIpc) is 2.72. The van der Waals surface area contributed by atoms with Crippen molar-refractivity contribution in [1.29, 1.82) is 0 Å². The Kier molecular flexibility index (Phi) is 6.47. The van der Waals surface area contributed by atoms with Crippen molar-refractivity contribution in [3.63, 3.8) is 0 Å². The van der Waals surface area contributed by atoms with Gasteiger partial charge in [-0.1, -0.05) is 58.0 Å². The molecule has 5 nitrogen and oxygen atoms in total. The Bertz CT molecular complexity index is 951. The summed E-state index contributed by atoms with van der Waals surface area (Å²) in [7, 11) is 1.61. The fourth-order valence-corrected chi connectivity index (χ4v) is 3.35. The van der Waals surface area contributed by atoms with Crippen LogP contribution in [0.1, 0.15) is 15.9 Å². The Hall–Kier alpha value is -2.38. The Labute approximate surface area is 170 Å². The lowest BCUT2D eigenvalue weighted by atomic mass is 10.1. The summed E-state index contributed by atoms with van der Waals surface area (Å²) in [5.41, 5.74) is 2.81. The first-order valence-electron chi connectivity index (χ1n) is 8.19. The quantitative estimate of drug-likeness (QED) is 0.446. The third-order valence-electron chi connectivity index (χ3n) is 3.92. The molecule has 0 unspecified atom stereocenters. The largest absolute Gasteiger partial charge is 0.496 e. The van der Waals surface area contributed by atoms with Crippen LogP contribution >= 0.6 is 27.7 Å². The van der Waals surface area contributed by atoms with Gasteiger partial charge < -0.3 is 10.1 Å². The van der Waals surface area contributed by atoms with Gasteiger partial charge >= 0.3 is 0 Å². The van der Waals surface area contributed by atoms with E-state index in [-0.39, 0.29) is 5.91 Å². The molecule has 0 atom stereocenters. The summed E-state index contributed by atoms with van der Waals surface area (Å²) < 4.78 is 6.28. The monoisotopic (exact) mass is 443 g/mol. The van der Waals surface area contributed by atoms with Gasteiger partial charge in [-0.15, -0.1) is 0 Å². The van der Waals surface area contributed by atoms with Gasteiger partial charge in [0.25, 0.3) is 5.91 Å². The fraction of sp³-hybridized carbons (Fsp3) is 0.150. The topological polar surface area (TPSA) is 64.1 Å². The lowest BCUT2D eigenvalue weighted by Crippen LogP contribution is -2.24. The zero-order valence-corrected chi connectivity index (χ0v) is 17.3. The number of carbonyl (C=O) groups excluding carboxylic acids is 1. The second kappa shape index (κ2) is 9.01. The van der Waals surface area contributed by atoms with E-state index in [0.29, 0.717) is 23.0 Å². The number of halogens is 1. The summed E-state index contributed by atoms with van der Waals surface area (Å²) >= 11 is 4.88. The molecule has 0 bridgehead atoms. The maximum Gasteiger partial charge on any atom is 0.255 e. The van der Waals surface area contributed by atoms with E-state index in [1.165, 1.54) is 11.8 Å². The molecule has 1 heterocycles. The summed E-state index contributed by atoms with van der Waals surface area (Å²) in [5, 5.41) is 3.56. The number of hydrogen-bond donors (Lipinski definition) is 1. The summed E-state index contributed by atoms with van der Waals surface area (Å²) in [6.07, 6.45) is 3.48. The molecule has 138 valence electrons. The SMILES string of the molecule is COc1ccc(Br)cc1CNC(=O)c1cnc(SC)nc1-c1ccccc1. The molecule has 1 amide bonds. The number of thioether (sulfide) groups is 1. The van der Waals surface area contributed by atoms with Crippen molar-refractivity contribution < 1.29 is 9.53 Å². The first-order valence-corrected chi connectivity index (χ1v) is 10.2. The second-order valence-electron chi connectivity index (χ2n) is 5.62. The predicted octanol–water partition coefficient (Wildman–Crippen LogP) is 4.57. The number of nitrogens with zero attached hydrogens (tertiary/aromatic N) is 2. The van der Waals surface area contributed by atoms with E-state index in [1.54, 1.807) is 13.3 Å². The van der Waals surface area contributed by atoms with E-state index in [4.69, 9.17) is 4.74 Å². The Morgan fingerprint density at radius 1 is 1.22 bits per heavy atom. The lowest BCUT2D eigenvalue weighted by Gasteiger charge is -2.12. The summed E-state index contributed by atoms with van der Waals surface area (Å²) in [5.74, 6) is 0.485. The van der Waals surface area contributed by atoms with Gasteiger partial charge in [0.1, 0.15) is 5.75 Å². The molecule has 0 fully saturated rings. The molecule has 1 aromatic heterocycles. The molecule has 27 heavy (non-hydrogen) atoms. The zero-order chi connectivity index (χ0) is 19.2. The molecular formula is C20H18BrN3O2S. The van der Waals surface area contributed by atoms with Gasteiger partial charge in [0, 0.05) is 28.3 Å². The van der Waals surface area contributed by atoms with Gasteiger partial charge in [0.15, 0.2) is 5.16 Å². The number of rotatable bonds is 6. The zero-order valence-electron chi connectivity index (χ0n) is 14.9. The minimum absolute atomic E-state index is 0.233. The van der Waals surface area contributed by atoms with Crippen molar-refractivity contribution in [2.24, 2.45) is 0 Å². The Morgan fingerprint density at radius 3 is 2.70 bits per heavy atom. The summed E-state index contributed by atoms with van der Waals surface area (Å²) in [4.78, 5) is 21.7. The molecule has 0 aliphatic rings. The van der Waals surface area contributed by atoms with E-state index < -0.39 is 0 Å². The van der Waals surface area contributed by atoms with Crippen molar-refractivity contribution in [1.82, 2.24) is 15.3 Å². The highest BCUT2D eigenvalue weighted by molar-refractivity contribution is 9.10. The van der Waals surface area contributed by atoms with Crippen molar-refractivity contribution >= 4 is 33.6 Å². The van der Waals surface area contributed by atoms with E-state index in [1.807, 2.05) is 54.8 Å². The van der Waals surface area contributed by atoms with Crippen molar-refractivity contribution in [3.8, 4) is 17.0 Å². The van der Waals surface area contributed by atoms with E-state index in [2.05, 4.69) is 31.2 Å². The molecule has 0 spiro atoms. The minimum Gasteiger partial charge on any atom is -0.496 e. The average molecular weight is 444 g/mol. The fourth-order valence-electron chi connectivity index (χ4n) is 2.60. The van der Waals surface area contributed by atoms with Crippen LogP contribution in [0, 0.1) is 0 Å². The van der Waals surface area contributed by atoms with Crippen LogP contribution in [-0.4, -0.2) is 29.2 Å². The lowest BCUT2D eigenvalue weighted by molar-refractivity contribution is 0.0950. The highest BCUT2D eigenvalue weighted by atomic mass is 79.9. The van der Waals surface area contributed by atoms with Gasteiger partial charge in [-0.25, -0.2) is 9.97 Å². The minimum atomic E-state index is -0.233. The number of hydrogen-bond acceptors (Lipinski definition) is 5. The van der Waals surface area contributed by atoms with Crippen LogP contribution in [0.25, 0.3) is 11.3 Å². The maximum absolute atomic E-state index is 12.8. The molecule has 0 aliphatic heterocycles. The molecule has 3 aromatic rings. The third-order valence-corrected chi connectivity index (χ3v) is 4.98. The maximum atomic E-state index is 12.8. The normalized spacial score (nSPS) is 10.5. The van der Waals surface area contributed by atoms with Gasteiger partial charge in [0.05, 0.1) is 18.4 Å². The summed E-state index contributed by atoms with van der Waals surface area (Å²) in [6.45, 7) is 0.333. The van der Waals surface area contributed by atoms with Crippen LogP contribution < -0.4 is 10.1 Å². The van der Waals surface area contributed by atoms with Crippen LogP contribution in [0.4, 0.5) is 0 Å². The molecule has 3 rings (SSSR count). The number of nitrogens with one attached hydrogen (secondary N) is 1. The van der Waals surface area contributed by atoms with Gasteiger partial charge in [-0.05, 0) is 24.5 Å². The first-order chi connectivity index (χ1) is 13.1. The number of carbonyl (C=O) groups is 1. The van der Waals surface area contributed by atoms with Gasteiger partial charge in [-0.3, -0.25) is 4.79 Å². The highest BCUT2D eigenvalue weighted by Crippen LogP contribution is 2.25. The molecule has 7 heteroatoms. The van der Waals surface area contributed by atoms with Crippen LogP contribution in [0.2, 0.25) is 0 Å². The van der Waals surface area contributed by atoms with Crippen LogP contribution in [-0.2, 0) is 6.54 Å². The van der Waals surface area contributed by atoms with Crippen LogP contribution in [0.5, 0.6) is 5.75 Å². The number of aromatic nitrogens is 2. The Morgan fingerprint density at radius 2 is 2.00 bits per heavy atom. The number of benzene rings is 2. The molecule has 0 radical (unpaired) electrons. The first kappa shape index (κ1) is 19.4. The molecule has 2 aromatic carbocycles. The van der Waals surface area contributed by atoms with Crippen molar-refractivity contribution in [3.05, 3.63) is 70.3 Å². The Balaban J connectivity index is 1.88. The molecular weight excluding hydrogens is 426 g/mol. The van der Waals surface area contributed by atoms with Crippen molar-refractivity contribution in [2.45, 2.75) is 11.7 Å². The van der Waals surface area contributed by atoms with Crippen LogP contribution in [0.3, 0.4) is 0 Å². The smallest absolute Gasteiger partial charge is 0.255 e. The van der Waals surface area contributed by atoms with Gasteiger partial charge in [-0.2, -0.15) is 0 Å². The van der Waals surface area contributed by atoms with E-state index >= 15 is 0 Å². The van der Waals surface area contributed by atoms with E-state index in [9.17, 15) is 4.79 Å². The van der Waals surface area contributed by atoms with Crippen molar-refractivity contribution in [2.75, 3.05) is 13.4 Å². The second-order valence-corrected chi connectivity index (χ2v) is 7.31. The van der Waals surface area contributed by atoms with Crippen LogP contribution in [0.15, 0.2) is 64.4 Å². The number of amides is 1. The molecule has 1 N–H and O–H groups in total. The summed E-state index contributed by atoms with van der Waals surface area (Å²) in [6, 6.07) is 15.3. The number of methoxy groups -OCH3 is 1. The molecule has 0 saturated carbocycles. The molecule has 0 saturated heterocycles. The predicted molar refractivity (Wildman–Crippen MR) is 111 cm³/mol. The number of ether oxygens (including phenoxy) is 1. The standard InChI is InChI=1S/C20H18BrN3O2S/c1-26-17-9-8-15(21)10-14(17)11-22-19(25)16-12-23-20(27-2)24-18(16)13-6-4-3-5-7-13/h3-10,12H,11H2,1-2H3,(H,22,25).